The molecule has 0 aliphatic rings. The first kappa shape index (κ1) is 15.7. The maximum Gasteiger partial charge on any atom is 0.265 e. The third kappa shape index (κ3) is 4.38. The fourth-order valence-corrected chi connectivity index (χ4v) is 2.23. The van der Waals surface area contributed by atoms with Gasteiger partial charge in [-0.15, -0.1) is 0 Å². The lowest BCUT2D eigenvalue weighted by molar-refractivity contribution is -0.122. The third-order valence-corrected chi connectivity index (χ3v) is 3.38. The minimum atomic E-state index is -0.677. The highest BCUT2D eigenvalue weighted by molar-refractivity contribution is 6.35. The van der Waals surface area contributed by atoms with Gasteiger partial charge in [-0.25, -0.2) is 0 Å². The molecule has 0 aliphatic heterocycles. The highest BCUT2D eigenvalue weighted by Gasteiger charge is 2.16. The number of benzene rings is 2. The Hall–Kier alpha value is -1.71. The van der Waals surface area contributed by atoms with Gasteiger partial charge in [0.1, 0.15) is 5.75 Å². The molecule has 0 aromatic heterocycles. The van der Waals surface area contributed by atoms with E-state index in [1.165, 1.54) is 0 Å². The number of rotatable bonds is 4. The van der Waals surface area contributed by atoms with Crippen molar-refractivity contribution in [3.63, 3.8) is 0 Å². The number of anilines is 1. The van der Waals surface area contributed by atoms with Gasteiger partial charge in [0.15, 0.2) is 6.10 Å². The van der Waals surface area contributed by atoms with Crippen LogP contribution in [-0.4, -0.2) is 12.0 Å². The van der Waals surface area contributed by atoms with Crippen molar-refractivity contribution >= 4 is 34.8 Å². The van der Waals surface area contributed by atoms with Gasteiger partial charge in [0, 0.05) is 10.7 Å². The summed E-state index contributed by atoms with van der Waals surface area (Å²) in [6.45, 7) is 3.62. The number of ether oxygens (including phenoxy) is 1. The fraction of sp³-hybridized carbons (Fsp3) is 0.188. The van der Waals surface area contributed by atoms with Crippen molar-refractivity contribution in [1.82, 2.24) is 0 Å². The van der Waals surface area contributed by atoms with Crippen LogP contribution in [0.3, 0.4) is 0 Å². The van der Waals surface area contributed by atoms with Gasteiger partial charge in [-0.3, -0.25) is 4.79 Å². The number of hydrogen-bond acceptors (Lipinski definition) is 2. The standard InChI is InChI=1S/C16H15Cl2NO2/c1-10-4-3-5-13(8-10)19-16(20)11(2)21-15-7-6-12(17)9-14(15)18/h3-9,11H,1-2H3,(H,19,20). The van der Waals surface area contributed by atoms with E-state index >= 15 is 0 Å². The lowest BCUT2D eigenvalue weighted by Crippen LogP contribution is -2.30. The third-order valence-electron chi connectivity index (χ3n) is 2.85. The van der Waals surface area contributed by atoms with Gasteiger partial charge in [0.25, 0.3) is 5.91 Å². The molecule has 110 valence electrons. The van der Waals surface area contributed by atoms with E-state index in [4.69, 9.17) is 27.9 Å². The van der Waals surface area contributed by atoms with Crippen LogP contribution < -0.4 is 10.1 Å². The summed E-state index contributed by atoms with van der Waals surface area (Å²) in [6.07, 6.45) is -0.677. The summed E-state index contributed by atoms with van der Waals surface area (Å²) in [6, 6.07) is 12.4. The van der Waals surface area contributed by atoms with E-state index in [0.29, 0.717) is 15.8 Å². The molecule has 2 aromatic carbocycles. The highest BCUT2D eigenvalue weighted by atomic mass is 35.5. The monoisotopic (exact) mass is 323 g/mol. The molecule has 0 spiro atoms. The van der Waals surface area contributed by atoms with Gasteiger partial charge < -0.3 is 10.1 Å². The Kier molecular flexibility index (Phi) is 5.10. The van der Waals surface area contributed by atoms with Gasteiger partial charge in [-0.2, -0.15) is 0 Å². The number of amides is 1. The summed E-state index contributed by atoms with van der Waals surface area (Å²) in [5.74, 6) is 0.180. The number of hydrogen-bond donors (Lipinski definition) is 1. The fourth-order valence-electron chi connectivity index (χ4n) is 1.78. The van der Waals surface area contributed by atoms with Crippen molar-refractivity contribution in [2.24, 2.45) is 0 Å². The molecular weight excluding hydrogens is 309 g/mol. The smallest absolute Gasteiger partial charge is 0.265 e. The molecule has 0 fully saturated rings. The first-order chi connectivity index (χ1) is 9.95. The molecule has 21 heavy (non-hydrogen) atoms. The summed E-state index contributed by atoms with van der Waals surface area (Å²) < 4.78 is 5.56. The summed E-state index contributed by atoms with van der Waals surface area (Å²) in [5, 5.41) is 3.69. The van der Waals surface area contributed by atoms with Gasteiger partial charge in [-0.1, -0.05) is 35.3 Å². The maximum atomic E-state index is 12.1. The van der Waals surface area contributed by atoms with Crippen LogP contribution in [-0.2, 0) is 4.79 Å². The molecule has 3 nitrogen and oxygen atoms in total. The first-order valence-electron chi connectivity index (χ1n) is 6.45. The molecule has 2 aromatic rings. The number of halogens is 2. The predicted octanol–water partition coefficient (Wildman–Crippen LogP) is 4.71. The van der Waals surface area contributed by atoms with E-state index < -0.39 is 6.10 Å². The highest BCUT2D eigenvalue weighted by Crippen LogP contribution is 2.28. The van der Waals surface area contributed by atoms with Gasteiger partial charge in [0.2, 0.25) is 0 Å². The maximum absolute atomic E-state index is 12.1. The predicted molar refractivity (Wildman–Crippen MR) is 86.4 cm³/mol. The largest absolute Gasteiger partial charge is 0.479 e. The Morgan fingerprint density at radius 3 is 2.62 bits per heavy atom. The molecule has 0 saturated carbocycles. The Bertz CT molecular complexity index is 658. The van der Waals surface area contributed by atoms with Crippen LogP contribution in [0.25, 0.3) is 0 Å². The summed E-state index contributed by atoms with van der Waals surface area (Å²) in [5.41, 5.74) is 1.81. The molecule has 1 N–H and O–H groups in total. The second-order valence-corrected chi connectivity index (χ2v) is 5.54. The number of aryl methyl sites for hydroxylation is 1. The number of carbonyl (C=O) groups is 1. The van der Waals surface area contributed by atoms with E-state index in [0.717, 1.165) is 11.3 Å². The van der Waals surface area contributed by atoms with Crippen LogP contribution in [0.2, 0.25) is 10.0 Å². The van der Waals surface area contributed by atoms with Crippen LogP contribution in [0.1, 0.15) is 12.5 Å². The second kappa shape index (κ2) is 6.83. The van der Waals surface area contributed by atoms with E-state index in [1.54, 1.807) is 25.1 Å². The number of nitrogens with one attached hydrogen (secondary N) is 1. The second-order valence-electron chi connectivity index (χ2n) is 4.69. The van der Waals surface area contributed by atoms with Crippen LogP contribution in [0.5, 0.6) is 5.75 Å². The lowest BCUT2D eigenvalue weighted by Gasteiger charge is -2.16. The topological polar surface area (TPSA) is 38.3 Å². The molecule has 5 heteroatoms. The lowest BCUT2D eigenvalue weighted by atomic mass is 10.2. The molecule has 0 bridgehead atoms. The summed E-state index contributed by atoms with van der Waals surface area (Å²) >= 11 is 11.8. The van der Waals surface area contributed by atoms with Crippen molar-refractivity contribution in [3.8, 4) is 5.75 Å². The zero-order valence-electron chi connectivity index (χ0n) is 11.7. The molecule has 1 amide bonds. The SMILES string of the molecule is Cc1cccc(NC(=O)C(C)Oc2ccc(Cl)cc2Cl)c1. The van der Waals surface area contributed by atoms with E-state index in [9.17, 15) is 4.79 Å². The van der Waals surface area contributed by atoms with Gasteiger partial charge in [0.05, 0.1) is 5.02 Å². The zero-order valence-corrected chi connectivity index (χ0v) is 13.2. The average molecular weight is 324 g/mol. The van der Waals surface area contributed by atoms with Crippen LogP contribution in [0.15, 0.2) is 42.5 Å². The minimum absolute atomic E-state index is 0.244. The average Bonchev–Trinajstić information content (AvgIpc) is 2.41. The quantitative estimate of drug-likeness (QED) is 0.885. The minimum Gasteiger partial charge on any atom is -0.479 e. The molecule has 2 rings (SSSR count). The molecule has 0 aliphatic carbocycles. The van der Waals surface area contributed by atoms with Crippen molar-refractivity contribution in [1.29, 1.82) is 0 Å². The summed E-state index contributed by atoms with van der Waals surface area (Å²) in [7, 11) is 0. The van der Waals surface area contributed by atoms with Crippen molar-refractivity contribution in [2.45, 2.75) is 20.0 Å². The zero-order chi connectivity index (χ0) is 15.4. The van der Waals surface area contributed by atoms with Gasteiger partial charge >= 0.3 is 0 Å². The molecule has 1 unspecified atom stereocenters. The first-order valence-corrected chi connectivity index (χ1v) is 7.20. The molecule has 0 heterocycles. The summed E-state index contributed by atoms with van der Waals surface area (Å²) in [4.78, 5) is 12.1. The van der Waals surface area contributed by atoms with E-state index in [1.807, 2.05) is 31.2 Å². The van der Waals surface area contributed by atoms with Crippen LogP contribution in [0.4, 0.5) is 5.69 Å². The Morgan fingerprint density at radius 1 is 1.19 bits per heavy atom. The van der Waals surface area contributed by atoms with E-state index in [-0.39, 0.29) is 5.91 Å². The van der Waals surface area contributed by atoms with Crippen LogP contribution >= 0.6 is 23.2 Å². The van der Waals surface area contributed by atoms with Crippen LogP contribution in [0, 0.1) is 6.92 Å². The van der Waals surface area contributed by atoms with Crippen molar-refractivity contribution in [2.75, 3.05) is 5.32 Å². The molecule has 1 atom stereocenters. The van der Waals surface area contributed by atoms with E-state index in [2.05, 4.69) is 5.32 Å². The Morgan fingerprint density at radius 2 is 1.95 bits per heavy atom. The number of carbonyl (C=O) groups excluding carboxylic acids is 1. The van der Waals surface area contributed by atoms with Crippen molar-refractivity contribution < 1.29 is 9.53 Å². The molecule has 0 radical (unpaired) electrons. The Labute approximate surface area is 133 Å². The molecular formula is C16H15Cl2NO2. The molecule has 0 saturated heterocycles. The van der Waals surface area contributed by atoms with Crippen molar-refractivity contribution in [3.05, 3.63) is 58.1 Å². The normalized spacial score (nSPS) is 11.8. The Balaban J connectivity index is 2.02. The van der Waals surface area contributed by atoms with Gasteiger partial charge in [-0.05, 0) is 49.7 Å².